The maximum absolute atomic E-state index is 12.9. The van der Waals surface area contributed by atoms with E-state index in [1.54, 1.807) is 24.1 Å². The number of carbonyl (C=O) groups is 3. The first kappa shape index (κ1) is 21.2. The molecule has 0 spiro atoms. The lowest BCUT2D eigenvalue weighted by Crippen LogP contribution is -2.36. The zero-order valence-corrected chi connectivity index (χ0v) is 18.9. The van der Waals surface area contributed by atoms with Gasteiger partial charge in [0.1, 0.15) is 6.04 Å². The lowest BCUT2D eigenvalue weighted by Gasteiger charge is -2.28. The first-order chi connectivity index (χ1) is 16.0. The highest BCUT2D eigenvalue weighted by atomic mass is 16.5. The Hall–Kier alpha value is -3.61. The monoisotopic (exact) mass is 445 g/mol. The molecule has 0 N–H and O–H groups in total. The molecule has 5 rings (SSSR count). The lowest BCUT2D eigenvalue weighted by atomic mass is 9.96. The highest BCUT2D eigenvalue weighted by molar-refractivity contribution is 6.07. The van der Waals surface area contributed by atoms with Crippen LogP contribution < -0.4 is 0 Å². The molecule has 2 aliphatic rings. The molecule has 1 aromatic heterocycles. The van der Waals surface area contributed by atoms with E-state index in [1.807, 2.05) is 30.3 Å². The molecule has 1 atom stereocenters. The van der Waals surface area contributed by atoms with E-state index < -0.39 is 6.04 Å². The Kier molecular flexibility index (Phi) is 5.40. The molecule has 7 nitrogen and oxygen atoms in total. The van der Waals surface area contributed by atoms with Crippen molar-refractivity contribution in [1.29, 1.82) is 0 Å². The third-order valence-electron chi connectivity index (χ3n) is 6.65. The Morgan fingerprint density at radius 2 is 1.85 bits per heavy atom. The van der Waals surface area contributed by atoms with Crippen molar-refractivity contribution >= 4 is 28.8 Å². The van der Waals surface area contributed by atoms with Crippen LogP contribution in [-0.4, -0.2) is 52.5 Å². The topological polar surface area (TPSA) is 71.8 Å². The van der Waals surface area contributed by atoms with Crippen molar-refractivity contribution < 1.29 is 19.1 Å². The number of imide groups is 1. The second-order valence-corrected chi connectivity index (χ2v) is 8.68. The van der Waals surface area contributed by atoms with Crippen molar-refractivity contribution in [1.82, 2.24) is 14.4 Å². The van der Waals surface area contributed by atoms with E-state index in [1.165, 1.54) is 4.90 Å². The number of hydrogen-bond acceptors (Lipinski definition) is 4. The van der Waals surface area contributed by atoms with Crippen molar-refractivity contribution in [2.24, 2.45) is 0 Å². The van der Waals surface area contributed by atoms with Gasteiger partial charge in [-0.15, -0.1) is 0 Å². The van der Waals surface area contributed by atoms with Crippen LogP contribution in [0.1, 0.15) is 53.0 Å². The van der Waals surface area contributed by atoms with E-state index in [9.17, 15) is 14.4 Å². The number of amides is 3. The second kappa shape index (κ2) is 8.39. The van der Waals surface area contributed by atoms with Gasteiger partial charge in [-0.05, 0) is 30.2 Å². The Labute approximate surface area is 192 Å². The van der Waals surface area contributed by atoms with Crippen molar-refractivity contribution in [3.63, 3.8) is 0 Å². The fourth-order valence-electron chi connectivity index (χ4n) is 4.90. The molecule has 170 valence electrons. The number of nitrogens with zero attached hydrogens (tertiary/aromatic N) is 3. The fraction of sp³-hybridized carbons (Fsp3) is 0.346. The van der Waals surface area contributed by atoms with Crippen LogP contribution in [0.2, 0.25) is 0 Å². The molecule has 7 heteroatoms. The number of likely N-dealkylation sites (N-methyl/N-ethyl adjacent to an activating group) is 1. The minimum atomic E-state index is -0.558. The molecule has 2 aliphatic heterocycles. The summed E-state index contributed by atoms with van der Waals surface area (Å²) < 4.78 is 7.54. The van der Waals surface area contributed by atoms with Crippen molar-refractivity contribution in [2.75, 3.05) is 20.2 Å². The van der Waals surface area contributed by atoms with Crippen LogP contribution in [-0.2, 0) is 22.5 Å². The van der Waals surface area contributed by atoms with Crippen LogP contribution in [0.4, 0.5) is 4.79 Å². The number of carbonyl (C=O) groups excluding carboxylic acids is 3. The van der Waals surface area contributed by atoms with Crippen LogP contribution in [0.15, 0.2) is 48.5 Å². The molecule has 0 radical (unpaired) electrons. The molecule has 33 heavy (non-hydrogen) atoms. The quantitative estimate of drug-likeness (QED) is 0.325. The molecule has 3 aromatic rings. The lowest BCUT2D eigenvalue weighted by molar-refractivity contribution is -0.127. The number of benzene rings is 2. The Morgan fingerprint density at radius 1 is 1.09 bits per heavy atom. The molecule has 0 bridgehead atoms. The van der Waals surface area contributed by atoms with Gasteiger partial charge < -0.3 is 14.2 Å². The molecular formula is C26H27N3O4. The molecule has 1 saturated heterocycles. The molecule has 3 heterocycles. The van der Waals surface area contributed by atoms with Crippen LogP contribution in [0.25, 0.3) is 10.9 Å². The number of urea groups is 1. The summed E-state index contributed by atoms with van der Waals surface area (Å²) in [6.07, 6.45) is 2.53. The fourth-order valence-corrected chi connectivity index (χ4v) is 4.90. The molecule has 2 aromatic carbocycles. The molecule has 1 unspecified atom stereocenters. The van der Waals surface area contributed by atoms with Crippen molar-refractivity contribution in [3.8, 4) is 0 Å². The molecule has 3 amide bonds. The summed E-state index contributed by atoms with van der Waals surface area (Å²) in [5.74, 6) is -0.470. The van der Waals surface area contributed by atoms with Crippen LogP contribution in [0, 0.1) is 0 Å². The van der Waals surface area contributed by atoms with E-state index >= 15 is 0 Å². The van der Waals surface area contributed by atoms with E-state index in [0.29, 0.717) is 31.7 Å². The summed E-state index contributed by atoms with van der Waals surface area (Å²) in [6.45, 7) is 3.63. The van der Waals surface area contributed by atoms with E-state index in [4.69, 9.17) is 4.74 Å². The maximum Gasteiger partial charge on any atom is 0.338 e. The van der Waals surface area contributed by atoms with Gasteiger partial charge in [-0.2, -0.15) is 0 Å². The van der Waals surface area contributed by atoms with E-state index in [2.05, 4.69) is 17.6 Å². The number of rotatable bonds is 6. The average Bonchev–Trinajstić information content (AvgIpc) is 3.27. The summed E-state index contributed by atoms with van der Waals surface area (Å²) >= 11 is 0. The van der Waals surface area contributed by atoms with Gasteiger partial charge in [0.2, 0.25) is 0 Å². The smallest absolute Gasteiger partial charge is 0.338 e. The van der Waals surface area contributed by atoms with Crippen LogP contribution in [0.5, 0.6) is 0 Å². The summed E-state index contributed by atoms with van der Waals surface area (Å²) in [4.78, 5) is 40.6. The maximum atomic E-state index is 12.9. The van der Waals surface area contributed by atoms with E-state index in [-0.39, 0.29) is 17.9 Å². The molecule has 0 aliphatic carbocycles. The highest BCUT2D eigenvalue weighted by Gasteiger charge is 2.48. The molecule has 1 fully saturated rings. The summed E-state index contributed by atoms with van der Waals surface area (Å²) in [5, 5.41) is 1.01. The van der Waals surface area contributed by atoms with Crippen LogP contribution in [0.3, 0.4) is 0 Å². The number of ether oxygens (including phenoxy) is 1. The van der Waals surface area contributed by atoms with Gasteiger partial charge in [0, 0.05) is 48.7 Å². The Morgan fingerprint density at radius 3 is 2.61 bits per heavy atom. The largest absolute Gasteiger partial charge is 0.462 e. The standard InChI is InChI=1S/C26H27N3O4/c1-3-4-15-33-25(31)18-11-9-17(10-12-18)16-29-20-8-6-5-7-19(20)22-21(29)13-14-28-23(22)24(30)27(2)26(28)32/h5-12,23H,3-4,13-16H2,1-2H3. The first-order valence-corrected chi connectivity index (χ1v) is 11.5. The van der Waals surface area contributed by atoms with Gasteiger partial charge in [-0.3, -0.25) is 9.69 Å². The van der Waals surface area contributed by atoms with Gasteiger partial charge in [0.05, 0.1) is 12.2 Å². The third kappa shape index (κ3) is 3.48. The Balaban J connectivity index is 1.48. The minimum absolute atomic E-state index is 0.171. The van der Waals surface area contributed by atoms with Gasteiger partial charge in [0.15, 0.2) is 0 Å². The number of para-hydroxylation sites is 1. The van der Waals surface area contributed by atoms with Crippen molar-refractivity contribution in [2.45, 2.75) is 38.8 Å². The minimum Gasteiger partial charge on any atom is -0.462 e. The first-order valence-electron chi connectivity index (χ1n) is 11.5. The summed E-state index contributed by atoms with van der Waals surface area (Å²) in [6, 6.07) is 14.8. The average molecular weight is 446 g/mol. The molecule has 0 saturated carbocycles. The predicted octanol–water partition coefficient (Wildman–Crippen LogP) is 4.14. The number of hydrogen-bond donors (Lipinski definition) is 0. The Bertz CT molecular complexity index is 1240. The predicted molar refractivity (Wildman–Crippen MR) is 124 cm³/mol. The van der Waals surface area contributed by atoms with Gasteiger partial charge in [0.25, 0.3) is 5.91 Å². The van der Waals surface area contributed by atoms with Crippen molar-refractivity contribution in [3.05, 3.63) is 70.9 Å². The highest BCUT2D eigenvalue weighted by Crippen LogP contribution is 2.42. The number of unbranched alkanes of at least 4 members (excludes halogenated alkanes) is 1. The van der Waals surface area contributed by atoms with Gasteiger partial charge in [-0.1, -0.05) is 43.7 Å². The zero-order chi connectivity index (χ0) is 23.1. The normalized spacial score (nSPS) is 17.5. The number of aromatic nitrogens is 1. The third-order valence-corrected chi connectivity index (χ3v) is 6.65. The van der Waals surface area contributed by atoms with Gasteiger partial charge in [-0.25, -0.2) is 9.59 Å². The van der Waals surface area contributed by atoms with Crippen LogP contribution >= 0.6 is 0 Å². The number of fused-ring (bicyclic) bond motifs is 5. The van der Waals surface area contributed by atoms with Gasteiger partial charge >= 0.3 is 12.0 Å². The number of esters is 1. The summed E-state index contributed by atoms with van der Waals surface area (Å²) in [7, 11) is 1.55. The molecular weight excluding hydrogens is 418 g/mol. The zero-order valence-electron chi connectivity index (χ0n) is 18.9. The van der Waals surface area contributed by atoms with E-state index in [0.717, 1.165) is 40.6 Å². The second-order valence-electron chi connectivity index (χ2n) is 8.68. The SMILES string of the molecule is CCCCOC(=O)c1ccc(Cn2c3c(c4ccccc42)C2C(=O)N(C)C(=O)N2CC3)cc1. The summed E-state index contributed by atoms with van der Waals surface area (Å²) in [5.41, 5.74) is 4.68.